The van der Waals surface area contributed by atoms with Crippen LogP contribution in [0.4, 0.5) is 0 Å². The number of aldehydes is 1. The molecule has 6 heteroatoms. The van der Waals surface area contributed by atoms with Crippen LogP contribution in [0.3, 0.4) is 0 Å². The maximum atomic E-state index is 14.3. The van der Waals surface area contributed by atoms with E-state index >= 15 is 0 Å². The summed E-state index contributed by atoms with van der Waals surface area (Å²) < 4.78 is 22.6. The number of methoxy groups -OCH3 is 3. The predicted molar refractivity (Wildman–Crippen MR) is 147 cm³/mol. The van der Waals surface area contributed by atoms with Crippen LogP contribution in [0.15, 0.2) is 35.9 Å². The molecule has 3 aliphatic rings. The highest BCUT2D eigenvalue weighted by Gasteiger charge is 2.72. The number of rotatable bonds is 13. The minimum absolute atomic E-state index is 0.0727. The van der Waals surface area contributed by atoms with E-state index in [2.05, 4.69) is 26.8 Å². The topological polar surface area (TPSA) is 71.1 Å². The zero-order valence-electron chi connectivity index (χ0n) is 24.0. The van der Waals surface area contributed by atoms with Gasteiger partial charge in [0.15, 0.2) is 0 Å². The van der Waals surface area contributed by atoms with Crippen molar-refractivity contribution < 1.29 is 28.5 Å². The summed E-state index contributed by atoms with van der Waals surface area (Å²) in [6, 6.07) is 7.58. The quantitative estimate of drug-likeness (QED) is 0.135. The highest BCUT2D eigenvalue weighted by Crippen LogP contribution is 2.71. The van der Waals surface area contributed by atoms with E-state index in [1.165, 1.54) is 0 Å². The summed E-state index contributed by atoms with van der Waals surface area (Å²) in [5.41, 5.74) is 0.293. The summed E-state index contributed by atoms with van der Waals surface area (Å²) in [7, 11) is 5.14. The van der Waals surface area contributed by atoms with E-state index in [4.69, 9.17) is 18.9 Å². The highest BCUT2D eigenvalue weighted by molar-refractivity contribution is 5.89. The Morgan fingerprint density at radius 3 is 2.45 bits per heavy atom. The lowest BCUT2D eigenvalue weighted by Gasteiger charge is -2.49. The van der Waals surface area contributed by atoms with Gasteiger partial charge in [-0.3, -0.25) is 4.79 Å². The SMILES string of the molecule is COCCCCC1C(C)C(OC)CC1[C@@]1(C=O)CC2C=C(C(C)C)[C@@]1(C(=O)OCc1ccc(OC)cc1)C2. The van der Waals surface area contributed by atoms with Gasteiger partial charge in [-0.25, -0.2) is 0 Å². The first-order chi connectivity index (χ1) is 18.3. The molecule has 5 unspecified atom stereocenters. The van der Waals surface area contributed by atoms with Crippen molar-refractivity contribution in [2.75, 3.05) is 27.9 Å². The molecular formula is C32H46O6. The molecule has 0 aliphatic heterocycles. The minimum atomic E-state index is -0.919. The van der Waals surface area contributed by atoms with E-state index < -0.39 is 10.8 Å². The lowest BCUT2D eigenvalue weighted by Crippen LogP contribution is -2.53. The number of hydrogen-bond donors (Lipinski definition) is 0. The van der Waals surface area contributed by atoms with Crippen LogP contribution < -0.4 is 4.74 Å². The second-order valence-corrected chi connectivity index (χ2v) is 12.1. The van der Waals surface area contributed by atoms with Gasteiger partial charge < -0.3 is 23.7 Å². The van der Waals surface area contributed by atoms with Crippen molar-refractivity contribution in [3.8, 4) is 5.75 Å². The molecule has 4 rings (SSSR count). The molecule has 2 fully saturated rings. The fraction of sp³-hybridized carbons (Fsp3) is 0.688. The number of ether oxygens (including phenoxy) is 4. The zero-order chi connectivity index (χ0) is 27.5. The number of allylic oxidation sites excluding steroid dienone is 1. The number of hydrogen-bond acceptors (Lipinski definition) is 6. The van der Waals surface area contributed by atoms with Crippen molar-refractivity contribution in [2.24, 2.45) is 40.4 Å². The molecule has 2 saturated carbocycles. The number of carbonyl (C=O) groups excluding carboxylic acids is 2. The van der Waals surface area contributed by atoms with Crippen LogP contribution >= 0.6 is 0 Å². The van der Waals surface area contributed by atoms with Crippen molar-refractivity contribution in [3.63, 3.8) is 0 Å². The maximum absolute atomic E-state index is 14.3. The second-order valence-electron chi connectivity index (χ2n) is 12.1. The fourth-order valence-corrected chi connectivity index (χ4v) is 8.21. The number of carbonyl (C=O) groups is 2. The summed E-state index contributed by atoms with van der Waals surface area (Å²) in [4.78, 5) is 27.8. The van der Waals surface area contributed by atoms with Crippen molar-refractivity contribution in [3.05, 3.63) is 41.5 Å². The normalized spacial score (nSPS) is 34.0. The second kappa shape index (κ2) is 11.9. The van der Waals surface area contributed by atoms with E-state index in [0.29, 0.717) is 24.7 Å². The van der Waals surface area contributed by atoms with Crippen LogP contribution in [0.1, 0.15) is 64.9 Å². The third kappa shape index (κ3) is 4.83. The summed E-state index contributed by atoms with van der Waals surface area (Å²) in [6.45, 7) is 7.45. The third-order valence-electron chi connectivity index (χ3n) is 9.95. The van der Waals surface area contributed by atoms with Gasteiger partial charge >= 0.3 is 5.97 Å². The fourth-order valence-electron chi connectivity index (χ4n) is 8.21. The van der Waals surface area contributed by atoms with Crippen LogP contribution in [-0.4, -0.2) is 46.3 Å². The summed E-state index contributed by atoms with van der Waals surface area (Å²) in [6.07, 6.45) is 8.75. The first kappa shape index (κ1) is 28.8. The van der Waals surface area contributed by atoms with Crippen molar-refractivity contribution in [2.45, 2.75) is 72.0 Å². The Kier molecular flexibility index (Phi) is 9.03. The van der Waals surface area contributed by atoms with Crippen LogP contribution in [0.5, 0.6) is 5.75 Å². The van der Waals surface area contributed by atoms with Gasteiger partial charge in [-0.05, 0) is 79.4 Å². The molecule has 1 aromatic rings. The first-order valence-electron chi connectivity index (χ1n) is 14.3. The lowest BCUT2D eigenvalue weighted by atomic mass is 9.52. The monoisotopic (exact) mass is 526 g/mol. The average Bonchev–Trinajstić information content (AvgIpc) is 3.58. The molecule has 38 heavy (non-hydrogen) atoms. The summed E-state index contributed by atoms with van der Waals surface area (Å²) >= 11 is 0. The molecule has 0 heterocycles. The lowest BCUT2D eigenvalue weighted by molar-refractivity contribution is -0.167. The molecule has 0 N–H and O–H groups in total. The van der Waals surface area contributed by atoms with E-state index in [0.717, 1.165) is 55.5 Å². The van der Waals surface area contributed by atoms with Crippen LogP contribution in [0.2, 0.25) is 0 Å². The van der Waals surface area contributed by atoms with E-state index in [9.17, 15) is 9.59 Å². The standard InChI is InChI=1S/C32H46O6/c1-21(2)27-15-24-17-31(20-33,28-16-29(37-6)22(3)26(28)9-7-8-14-35-4)32(27,18-24)30(34)38-19-23-10-12-25(36-5)13-11-23/h10-13,15,20-22,24,26,28-29H,7-9,14,16-19H2,1-6H3/t22?,24?,26?,28?,29?,31-,32+/m0/s1. The Balaban J connectivity index is 1.68. The summed E-state index contributed by atoms with van der Waals surface area (Å²) in [5.74, 6) is 1.60. The van der Waals surface area contributed by atoms with Gasteiger partial charge in [-0.2, -0.15) is 0 Å². The molecule has 0 amide bonds. The predicted octanol–water partition coefficient (Wildman–Crippen LogP) is 6.02. The molecule has 6 nitrogen and oxygen atoms in total. The number of fused-ring (bicyclic) bond motifs is 2. The van der Waals surface area contributed by atoms with Crippen molar-refractivity contribution >= 4 is 12.3 Å². The largest absolute Gasteiger partial charge is 0.497 e. The van der Waals surface area contributed by atoms with Gasteiger partial charge in [-0.15, -0.1) is 0 Å². The third-order valence-corrected chi connectivity index (χ3v) is 9.95. The van der Waals surface area contributed by atoms with Crippen LogP contribution in [-0.2, 0) is 30.4 Å². The van der Waals surface area contributed by atoms with Crippen molar-refractivity contribution in [1.29, 1.82) is 0 Å². The van der Waals surface area contributed by atoms with Crippen LogP contribution in [0, 0.1) is 40.4 Å². The molecular weight excluding hydrogens is 480 g/mol. The van der Waals surface area contributed by atoms with Gasteiger partial charge in [0, 0.05) is 26.2 Å². The Hall–Kier alpha value is -2.18. The van der Waals surface area contributed by atoms with Gasteiger partial charge in [0.1, 0.15) is 24.1 Å². The van der Waals surface area contributed by atoms with E-state index in [1.807, 2.05) is 24.3 Å². The molecule has 2 bridgehead atoms. The van der Waals surface area contributed by atoms with Crippen molar-refractivity contribution in [1.82, 2.24) is 0 Å². The molecule has 7 atom stereocenters. The maximum Gasteiger partial charge on any atom is 0.317 e. The smallest absolute Gasteiger partial charge is 0.317 e. The van der Waals surface area contributed by atoms with E-state index in [-0.39, 0.29) is 36.4 Å². The van der Waals surface area contributed by atoms with Gasteiger partial charge in [0.2, 0.25) is 0 Å². The first-order valence-corrected chi connectivity index (χ1v) is 14.3. The Labute approximate surface area is 228 Å². The number of unbranched alkanes of at least 4 members (excludes halogenated alkanes) is 1. The Morgan fingerprint density at radius 2 is 1.84 bits per heavy atom. The molecule has 1 aromatic carbocycles. The van der Waals surface area contributed by atoms with Gasteiger partial charge in [-0.1, -0.05) is 51.0 Å². The van der Waals surface area contributed by atoms with E-state index in [1.54, 1.807) is 21.3 Å². The molecule has 0 saturated heterocycles. The molecule has 0 spiro atoms. The molecule has 3 aliphatic carbocycles. The zero-order valence-corrected chi connectivity index (χ0v) is 24.0. The molecule has 0 radical (unpaired) electrons. The Bertz CT molecular complexity index is 1000. The summed E-state index contributed by atoms with van der Waals surface area (Å²) in [5, 5.41) is 0. The Morgan fingerprint density at radius 1 is 1.11 bits per heavy atom. The highest BCUT2D eigenvalue weighted by atomic mass is 16.5. The molecule has 210 valence electrons. The average molecular weight is 527 g/mol. The number of benzene rings is 1. The van der Waals surface area contributed by atoms with Crippen LogP contribution in [0.25, 0.3) is 0 Å². The molecule has 0 aromatic heterocycles. The van der Waals surface area contributed by atoms with Gasteiger partial charge in [0.05, 0.1) is 13.2 Å². The van der Waals surface area contributed by atoms with Gasteiger partial charge in [0.25, 0.3) is 0 Å². The minimum Gasteiger partial charge on any atom is -0.497 e. The number of esters is 1.